The molecule has 3 rings (SSSR count). The van der Waals surface area contributed by atoms with Gasteiger partial charge < -0.3 is 15.2 Å². The molecule has 4 heteroatoms. The van der Waals surface area contributed by atoms with Crippen molar-refractivity contribution in [3.05, 3.63) is 36.0 Å². The summed E-state index contributed by atoms with van der Waals surface area (Å²) >= 11 is 0. The van der Waals surface area contributed by atoms with Gasteiger partial charge in [-0.2, -0.15) is 0 Å². The average Bonchev–Trinajstić information content (AvgIpc) is 2.97. The molecule has 1 aliphatic rings. The van der Waals surface area contributed by atoms with Gasteiger partial charge in [-0.05, 0) is 23.4 Å². The molecule has 1 aromatic heterocycles. The van der Waals surface area contributed by atoms with Crippen LogP contribution in [0.1, 0.15) is 12.0 Å². The van der Waals surface area contributed by atoms with Crippen LogP contribution in [-0.2, 0) is 11.3 Å². The molecule has 0 bridgehead atoms. The Morgan fingerprint density at radius 2 is 2.33 bits per heavy atom. The topological polar surface area (TPSA) is 48.1 Å². The molecule has 0 spiro atoms. The van der Waals surface area contributed by atoms with E-state index in [4.69, 9.17) is 0 Å². The molecule has 0 saturated carbocycles. The van der Waals surface area contributed by atoms with E-state index in [9.17, 15) is 4.79 Å². The van der Waals surface area contributed by atoms with Crippen LogP contribution in [0.15, 0.2) is 30.5 Å². The zero-order chi connectivity index (χ0) is 12.5. The normalized spacial score (nSPS) is 19.9. The second-order valence-electron chi connectivity index (χ2n) is 4.84. The molecule has 2 heterocycles. The molecular weight excluding hydrogens is 226 g/mol. The lowest BCUT2D eigenvalue weighted by Crippen LogP contribution is -2.36. The SMILES string of the molecule is CN1CCC(NCc2cccc3cc[nH]c23)C1=O. The Balaban J connectivity index is 1.74. The van der Waals surface area contributed by atoms with Gasteiger partial charge in [-0.25, -0.2) is 0 Å². The number of amides is 1. The molecule has 18 heavy (non-hydrogen) atoms. The van der Waals surface area contributed by atoms with Crippen LogP contribution < -0.4 is 5.32 Å². The van der Waals surface area contributed by atoms with Crippen molar-refractivity contribution in [3.8, 4) is 0 Å². The Hall–Kier alpha value is -1.81. The summed E-state index contributed by atoms with van der Waals surface area (Å²) in [6.07, 6.45) is 2.85. The van der Waals surface area contributed by atoms with Crippen molar-refractivity contribution in [2.75, 3.05) is 13.6 Å². The van der Waals surface area contributed by atoms with E-state index in [1.54, 1.807) is 4.90 Å². The van der Waals surface area contributed by atoms with Gasteiger partial charge in [-0.15, -0.1) is 0 Å². The second kappa shape index (κ2) is 4.46. The van der Waals surface area contributed by atoms with Crippen molar-refractivity contribution in [2.45, 2.75) is 19.0 Å². The number of para-hydroxylation sites is 1. The number of aromatic amines is 1. The summed E-state index contributed by atoms with van der Waals surface area (Å²) in [5.74, 6) is 0.202. The fraction of sp³-hybridized carbons (Fsp3) is 0.357. The van der Waals surface area contributed by atoms with Gasteiger partial charge in [-0.3, -0.25) is 4.79 Å². The number of nitrogens with zero attached hydrogens (tertiary/aromatic N) is 1. The molecule has 4 nitrogen and oxygen atoms in total. The average molecular weight is 243 g/mol. The molecule has 1 fully saturated rings. The minimum absolute atomic E-state index is 0.0276. The van der Waals surface area contributed by atoms with Gasteiger partial charge in [0.2, 0.25) is 5.91 Å². The predicted molar refractivity (Wildman–Crippen MR) is 71.2 cm³/mol. The van der Waals surface area contributed by atoms with Gasteiger partial charge in [0.1, 0.15) is 0 Å². The van der Waals surface area contributed by atoms with Crippen LogP contribution in [0.4, 0.5) is 0 Å². The third-order valence-corrected chi connectivity index (χ3v) is 3.64. The van der Waals surface area contributed by atoms with Gasteiger partial charge >= 0.3 is 0 Å². The molecule has 2 aromatic rings. The minimum atomic E-state index is -0.0276. The molecule has 94 valence electrons. The molecule has 1 aliphatic heterocycles. The van der Waals surface area contributed by atoms with Crippen molar-refractivity contribution in [2.24, 2.45) is 0 Å². The van der Waals surface area contributed by atoms with Crippen LogP contribution in [0.2, 0.25) is 0 Å². The van der Waals surface area contributed by atoms with E-state index in [1.807, 2.05) is 13.2 Å². The molecule has 1 amide bonds. The van der Waals surface area contributed by atoms with Crippen LogP contribution in [0.25, 0.3) is 10.9 Å². The van der Waals surface area contributed by atoms with Crippen molar-refractivity contribution < 1.29 is 4.79 Å². The number of nitrogens with one attached hydrogen (secondary N) is 2. The lowest BCUT2D eigenvalue weighted by Gasteiger charge is -2.12. The monoisotopic (exact) mass is 243 g/mol. The molecule has 1 aromatic carbocycles. The fourth-order valence-corrected chi connectivity index (χ4v) is 2.54. The summed E-state index contributed by atoms with van der Waals surface area (Å²) in [7, 11) is 1.86. The zero-order valence-electron chi connectivity index (χ0n) is 10.4. The number of aromatic nitrogens is 1. The Labute approximate surface area is 106 Å². The van der Waals surface area contributed by atoms with Gasteiger partial charge in [0.15, 0.2) is 0 Å². The Morgan fingerprint density at radius 1 is 1.44 bits per heavy atom. The molecule has 1 unspecified atom stereocenters. The lowest BCUT2D eigenvalue weighted by molar-refractivity contribution is -0.128. The number of hydrogen-bond acceptors (Lipinski definition) is 2. The quantitative estimate of drug-likeness (QED) is 0.858. The van der Waals surface area contributed by atoms with Crippen molar-refractivity contribution in [1.82, 2.24) is 15.2 Å². The number of carbonyl (C=O) groups is 1. The molecule has 0 radical (unpaired) electrons. The molecule has 1 atom stereocenters. The first-order valence-corrected chi connectivity index (χ1v) is 6.29. The van der Waals surface area contributed by atoms with E-state index < -0.39 is 0 Å². The highest BCUT2D eigenvalue weighted by molar-refractivity contribution is 5.84. The van der Waals surface area contributed by atoms with Gasteiger partial charge in [-0.1, -0.05) is 18.2 Å². The van der Waals surface area contributed by atoms with Crippen molar-refractivity contribution in [3.63, 3.8) is 0 Å². The summed E-state index contributed by atoms with van der Waals surface area (Å²) in [6.45, 7) is 1.57. The highest BCUT2D eigenvalue weighted by Crippen LogP contribution is 2.17. The Morgan fingerprint density at radius 3 is 3.11 bits per heavy atom. The van der Waals surface area contributed by atoms with Gasteiger partial charge in [0.25, 0.3) is 0 Å². The summed E-state index contributed by atoms with van der Waals surface area (Å²) in [5.41, 5.74) is 2.36. The highest BCUT2D eigenvalue weighted by atomic mass is 16.2. The number of hydrogen-bond donors (Lipinski definition) is 2. The number of likely N-dealkylation sites (N-methyl/N-ethyl adjacent to an activating group) is 1. The first-order chi connectivity index (χ1) is 8.75. The second-order valence-corrected chi connectivity index (χ2v) is 4.84. The molecule has 2 N–H and O–H groups in total. The van der Waals surface area contributed by atoms with Gasteiger partial charge in [0.05, 0.1) is 6.04 Å². The smallest absolute Gasteiger partial charge is 0.239 e. The number of carbonyl (C=O) groups excluding carboxylic acids is 1. The maximum Gasteiger partial charge on any atom is 0.239 e. The van der Waals surface area contributed by atoms with Crippen molar-refractivity contribution in [1.29, 1.82) is 0 Å². The number of rotatable bonds is 3. The van der Waals surface area contributed by atoms with Crippen LogP contribution >= 0.6 is 0 Å². The summed E-state index contributed by atoms with van der Waals surface area (Å²) in [5, 5.41) is 4.56. The number of likely N-dealkylation sites (tertiary alicyclic amines) is 1. The minimum Gasteiger partial charge on any atom is -0.361 e. The number of fused-ring (bicyclic) bond motifs is 1. The largest absolute Gasteiger partial charge is 0.361 e. The van der Waals surface area contributed by atoms with Gasteiger partial charge in [0, 0.05) is 31.9 Å². The van der Waals surface area contributed by atoms with Crippen LogP contribution in [0.3, 0.4) is 0 Å². The molecular formula is C14H17N3O. The van der Waals surface area contributed by atoms with E-state index in [-0.39, 0.29) is 11.9 Å². The lowest BCUT2D eigenvalue weighted by atomic mass is 10.1. The Bertz CT molecular complexity index is 575. The third-order valence-electron chi connectivity index (χ3n) is 3.64. The van der Waals surface area contributed by atoms with E-state index in [0.717, 1.165) is 25.0 Å². The van der Waals surface area contributed by atoms with Crippen molar-refractivity contribution >= 4 is 16.8 Å². The van der Waals surface area contributed by atoms with Crippen LogP contribution in [0, 0.1) is 0 Å². The fourth-order valence-electron chi connectivity index (χ4n) is 2.54. The van der Waals surface area contributed by atoms with E-state index in [0.29, 0.717) is 0 Å². The molecule has 0 aliphatic carbocycles. The summed E-state index contributed by atoms with van der Waals surface area (Å²) in [4.78, 5) is 16.8. The summed E-state index contributed by atoms with van der Waals surface area (Å²) < 4.78 is 0. The first kappa shape index (κ1) is 11.3. The predicted octanol–water partition coefficient (Wildman–Crippen LogP) is 1.49. The standard InChI is InChI=1S/C14H17N3O/c1-17-8-6-12(14(17)18)16-9-11-4-2-3-10-5-7-15-13(10)11/h2-5,7,12,15-16H,6,8-9H2,1H3. The number of H-pyrrole nitrogens is 1. The maximum atomic E-state index is 11.8. The van der Waals surface area contributed by atoms with E-state index >= 15 is 0 Å². The maximum absolute atomic E-state index is 11.8. The Kier molecular flexibility index (Phi) is 2.80. The first-order valence-electron chi connectivity index (χ1n) is 6.29. The van der Waals surface area contributed by atoms with Crippen LogP contribution in [0.5, 0.6) is 0 Å². The zero-order valence-corrected chi connectivity index (χ0v) is 10.4. The number of benzene rings is 1. The van der Waals surface area contributed by atoms with Crippen LogP contribution in [-0.4, -0.2) is 35.4 Å². The molecule has 1 saturated heterocycles. The van der Waals surface area contributed by atoms with E-state index in [2.05, 4.69) is 34.6 Å². The summed E-state index contributed by atoms with van der Waals surface area (Å²) in [6, 6.07) is 8.27. The highest BCUT2D eigenvalue weighted by Gasteiger charge is 2.28. The third kappa shape index (κ3) is 1.88. The van der Waals surface area contributed by atoms with E-state index in [1.165, 1.54) is 10.9 Å².